The number of likely N-dealkylation sites (tertiary alicyclic amines) is 1. The molecule has 160 valence electrons. The minimum atomic E-state index is -0.559. The SMILES string of the molecule is CC(C)(C)OC(=O)N1[C@H](CNCC(=O)c2ccc(Br)cc2)CC[C@@H]1c1ccccc1. The van der Waals surface area contributed by atoms with Crippen molar-refractivity contribution < 1.29 is 14.3 Å². The lowest BCUT2D eigenvalue weighted by Gasteiger charge is -2.33. The van der Waals surface area contributed by atoms with Crippen LogP contribution < -0.4 is 5.32 Å². The number of carbonyl (C=O) groups excluding carboxylic acids is 2. The van der Waals surface area contributed by atoms with Crippen LogP contribution >= 0.6 is 15.9 Å². The first kappa shape index (κ1) is 22.5. The average Bonchev–Trinajstić information content (AvgIpc) is 3.12. The third-order valence-electron chi connectivity index (χ3n) is 5.12. The number of nitrogens with one attached hydrogen (secondary N) is 1. The summed E-state index contributed by atoms with van der Waals surface area (Å²) < 4.78 is 6.64. The second kappa shape index (κ2) is 9.75. The number of halogens is 1. The summed E-state index contributed by atoms with van der Waals surface area (Å²) in [7, 11) is 0. The van der Waals surface area contributed by atoms with Crippen LogP contribution in [0.5, 0.6) is 0 Å². The van der Waals surface area contributed by atoms with E-state index in [0.717, 1.165) is 22.9 Å². The van der Waals surface area contributed by atoms with Crippen LogP contribution in [0.4, 0.5) is 4.79 Å². The molecule has 1 saturated heterocycles. The van der Waals surface area contributed by atoms with Crippen molar-refractivity contribution in [1.29, 1.82) is 0 Å². The Balaban J connectivity index is 1.66. The fraction of sp³-hybridized carbons (Fsp3) is 0.417. The van der Waals surface area contributed by atoms with Gasteiger partial charge in [0.1, 0.15) is 5.60 Å². The lowest BCUT2D eigenvalue weighted by atomic mass is 10.1. The Morgan fingerprint density at radius 2 is 1.73 bits per heavy atom. The van der Waals surface area contributed by atoms with E-state index >= 15 is 0 Å². The largest absolute Gasteiger partial charge is 0.444 e. The quantitative estimate of drug-likeness (QED) is 0.574. The zero-order valence-electron chi connectivity index (χ0n) is 17.7. The van der Waals surface area contributed by atoms with Gasteiger partial charge in [0, 0.05) is 22.6 Å². The molecule has 0 radical (unpaired) electrons. The monoisotopic (exact) mass is 472 g/mol. The first-order valence-electron chi connectivity index (χ1n) is 10.3. The van der Waals surface area contributed by atoms with Gasteiger partial charge < -0.3 is 10.1 Å². The molecule has 3 rings (SSSR count). The zero-order chi connectivity index (χ0) is 21.7. The van der Waals surface area contributed by atoms with Crippen LogP contribution in [0.3, 0.4) is 0 Å². The van der Waals surface area contributed by atoms with E-state index in [1.807, 2.05) is 68.1 Å². The minimum absolute atomic E-state index is 0.0185. The highest BCUT2D eigenvalue weighted by molar-refractivity contribution is 9.10. The third kappa shape index (κ3) is 5.92. The predicted molar refractivity (Wildman–Crippen MR) is 122 cm³/mol. The highest BCUT2D eigenvalue weighted by Gasteiger charge is 2.39. The number of hydrogen-bond donors (Lipinski definition) is 1. The van der Waals surface area contributed by atoms with E-state index in [4.69, 9.17) is 4.74 Å². The molecule has 1 aliphatic rings. The number of nitrogens with zero attached hydrogens (tertiary/aromatic N) is 1. The molecule has 2 aromatic rings. The summed E-state index contributed by atoms with van der Waals surface area (Å²) in [6.07, 6.45) is 1.43. The number of ketones is 1. The Hall–Kier alpha value is -2.18. The smallest absolute Gasteiger partial charge is 0.411 e. The fourth-order valence-electron chi connectivity index (χ4n) is 3.77. The number of ether oxygens (including phenoxy) is 1. The van der Waals surface area contributed by atoms with Crippen LogP contribution in [0.1, 0.15) is 55.6 Å². The molecular formula is C24H29BrN2O3. The average molecular weight is 473 g/mol. The van der Waals surface area contributed by atoms with Crippen LogP contribution in [0.25, 0.3) is 0 Å². The van der Waals surface area contributed by atoms with E-state index in [1.165, 1.54) is 0 Å². The zero-order valence-corrected chi connectivity index (χ0v) is 19.3. The van der Waals surface area contributed by atoms with Gasteiger partial charge in [-0.2, -0.15) is 0 Å². The van der Waals surface area contributed by atoms with Crippen molar-refractivity contribution >= 4 is 27.8 Å². The highest BCUT2D eigenvalue weighted by Crippen LogP contribution is 2.37. The van der Waals surface area contributed by atoms with E-state index in [0.29, 0.717) is 12.1 Å². The molecule has 0 aromatic heterocycles. The summed E-state index contributed by atoms with van der Waals surface area (Å²) in [6.45, 7) is 6.41. The number of benzene rings is 2. The molecule has 0 saturated carbocycles. The van der Waals surface area contributed by atoms with Gasteiger partial charge in [0.2, 0.25) is 0 Å². The van der Waals surface area contributed by atoms with Gasteiger partial charge in [-0.25, -0.2) is 4.79 Å². The van der Waals surface area contributed by atoms with E-state index < -0.39 is 5.60 Å². The summed E-state index contributed by atoms with van der Waals surface area (Å²) in [5, 5.41) is 3.25. The molecule has 0 aliphatic carbocycles. The van der Waals surface area contributed by atoms with Gasteiger partial charge in [-0.05, 0) is 51.3 Å². The molecule has 0 spiro atoms. The molecule has 30 heavy (non-hydrogen) atoms. The van der Waals surface area contributed by atoms with Crippen molar-refractivity contribution in [1.82, 2.24) is 10.2 Å². The molecule has 1 N–H and O–H groups in total. The molecule has 0 unspecified atom stereocenters. The van der Waals surface area contributed by atoms with Crippen LogP contribution in [-0.2, 0) is 4.74 Å². The Morgan fingerprint density at radius 3 is 2.37 bits per heavy atom. The minimum Gasteiger partial charge on any atom is -0.444 e. The summed E-state index contributed by atoms with van der Waals surface area (Å²) in [5.41, 5.74) is 1.22. The molecule has 1 aliphatic heterocycles. The number of carbonyl (C=O) groups is 2. The first-order valence-corrected chi connectivity index (χ1v) is 11.1. The molecule has 1 fully saturated rings. The van der Waals surface area contributed by atoms with Gasteiger partial charge in [0.05, 0.1) is 12.6 Å². The number of hydrogen-bond acceptors (Lipinski definition) is 4. The fourth-order valence-corrected chi connectivity index (χ4v) is 4.03. The van der Waals surface area contributed by atoms with E-state index in [1.54, 1.807) is 0 Å². The van der Waals surface area contributed by atoms with Crippen LogP contribution in [0.15, 0.2) is 59.1 Å². The molecule has 2 atom stereocenters. The van der Waals surface area contributed by atoms with Crippen molar-refractivity contribution in [2.75, 3.05) is 13.1 Å². The topological polar surface area (TPSA) is 58.6 Å². The Bertz CT molecular complexity index is 862. The molecule has 1 heterocycles. The summed E-state index contributed by atoms with van der Waals surface area (Å²) in [4.78, 5) is 27.3. The predicted octanol–water partition coefficient (Wildman–Crippen LogP) is 5.36. The lowest BCUT2D eigenvalue weighted by Crippen LogP contribution is -2.45. The van der Waals surface area contributed by atoms with Crippen molar-refractivity contribution in [2.45, 2.75) is 51.3 Å². The van der Waals surface area contributed by atoms with Crippen molar-refractivity contribution in [3.8, 4) is 0 Å². The molecular weight excluding hydrogens is 444 g/mol. The Morgan fingerprint density at radius 1 is 1.07 bits per heavy atom. The van der Waals surface area contributed by atoms with E-state index in [2.05, 4.69) is 33.4 Å². The second-order valence-corrected chi connectivity index (χ2v) is 9.52. The number of Topliss-reactive ketones (excluding diaryl/α,β-unsaturated/α-hetero) is 1. The van der Waals surface area contributed by atoms with Gasteiger partial charge in [0.25, 0.3) is 0 Å². The van der Waals surface area contributed by atoms with Crippen molar-refractivity contribution in [3.05, 3.63) is 70.2 Å². The normalized spacial score (nSPS) is 19.0. The number of rotatable bonds is 6. The third-order valence-corrected chi connectivity index (χ3v) is 5.65. The van der Waals surface area contributed by atoms with Crippen molar-refractivity contribution in [2.24, 2.45) is 0 Å². The van der Waals surface area contributed by atoms with Gasteiger partial charge in [-0.3, -0.25) is 9.69 Å². The Labute approximate surface area is 186 Å². The maximum absolute atomic E-state index is 13.0. The van der Waals surface area contributed by atoms with Crippen LogP contribution in [0.2, 0.25) is 0 Å². The number of amides is 1. The summed E-state index contributed by atoms with van der Waals surface area (Å²) in [6, 6.07) is 17.4. The summed E-state index contributed by atoms with van der Waals surface area (Å²) in [5.74, 6) is 0.0314. The standard InChI is InChI=1S/C24H29BrN2O3/c1-24(2,3)30-23(29)27-20(13-14-21(27)17-7-5-4-6-8-17)15-26-16-22(28)18-9-11-19(25)12-10-18/h4-12,20-21,26H,13-16H2,1-3H3/t20-,21+/m0/s1. The highest BCUT2D eigenvalue weighted by atomic mass is 79.9. The van der Waals surface area contributed by atoms with Gasteiger partial charge in [-0.1, -0.05) is 58.4 Å². The maximum Gasteiger partial charge on any atom is 0.411 e. The van der Waals surface area contributed by atoms with Crippen molar-refractivity contribution in [3.63, 3.8) is 0 Å². The van der Waals surface area contributed by atoms with E-state index in [-0.39, 0.29) is 30.5 Å². The van der Waals surface area contributed by atoms with Crippen LogP contribution in [0, 0.1) is 0 Å². The maximum atomic E-state index is 13.0. The molecule has 5 nitrogen and oxygen atoms in total. The summed E-state index contributed by atoms with van der Waals surface area (Å²) >= 11 is 3.38. The van der Waals surface area contributed by atoms with Gasteiger partial charge >= 0.3 is 6.09 Å². The lowest BCUT2D eigenvalue weighted by molar-refractivity contribution is 0.0144. The first-order chi connectivity index (χ1) is 14.2. The van der Waals surface area contributed by atoms with Crippen LogP contribution in [-0.4, -0.2) is 41.5 Å². The molecule has 1 amide bonds. The molecule has 0 bridgehead atoms. The van der Waals surface area contributed by atoms with Gasteiger partial charge in [-0.15, -0.1) is 0 Å². The van der Waals surface area contributed by atoms with E-state index in [9.17, 15) is 9.59 Å². The Kier molecular flexibility index (Phi) is 7.32. The molecule has 6 heteroatoms. The van der Waals surface area contributed by atoms with Gasteiger partial charge in [0.15, 0.2) is 5.78 Å². The second-order valence-electron chi connectivity index (χ2n) is 8.61. The molecule has 2 aromatic carbocycles.